The first-order valence-electron chi connectivity index (χ1n) is 3.77. The Morgan fingerprint density at radius 3 is 3.17 bits per heavy atom. The van der Waals surface area contributed by atoms with Gasteiger partial charge in [-0.3, -0.25) is 4.98 Å². The lowest BCUT2D eigenvalue weighted by molar-refractivity contribution is 0.173. The molecule has 0 aromatic carbocycles. The van der Waals surface area contributed by atoms with Crippen LogP contribution in [0.15, 0.2) is 9.95 Å². The van der Waals surface area contributed by atoms with Gasteiger partial charge in [0.05, 0.1) is 0 Å². The van der Waals surface area contributed by atoms with Gasteiger partial charge in [-0.1, -0.05) is 11.8 Å². The Bertz CT molecular complexity index is 302. The maximum Gasteiger partial charge on any atom is 0.341 e. The van der Waals surface area contributed by atoms with Gasteiger partial charge in [-0.25, -0.2) is 9.89 Å². The summed E-state index contributed by atoms with van der Waals surface area (Å²) in [6.07, 6.45) is 2.12. The molecule has 0 radical (unpaired) electrons. The summed E-state index contributed by atoms with van der Waals surface area (Å²) in [5.41, 5.74) is -0.112. The zero-order valence-corrected chi connectivity index (χ0v) is 7.19. The average molecular weight is 187 g/mol. The Morgan fingerprint density at radius 1 is 1.67 bits per heavy atom. The molecule has 1 aliphatic rings. The summed E-state index contributed by atoms with van der Waals surface area (Å²) in [6.45, 7) is 0.812. The molecule has 1 aromatic rings. The quantitative estimate of drug-likeness (QED) is 0.699. The van der Waals surface area contributed by atoms with Crippen molar-refractivity contribution in [2.45, 2.75) is 23.4 Å². The number of nitrogens with zero attached hydrogens (tertiary/aromatic N) is 1. The molecule has 0 bridgehead atoms. The molecule has 1 unspecified atom stereocenters. The summed E-state index contributed by atoms with van der Waals surface area (Å²) in [7, 11) is 0. The van der Waals surface area contributed by atoms with Crippen molar-refractivity contribution in [1.29, 1.82) is 0 Å². The molecule has 12 heavy (non-hydrogen) atoms. The highest BCUT2D eigenvalue weighted by atomic mass is 32.2. The van der Waals surface area contributed by atoms with Crippen LogP contribution in [0.4, 0.5) is 0 Å². The fraction of sp³-hybridized carbons (Fsp3) is 0.667. The van der Waals surface area contributed by atoms with E-state index in [1.54, 1.807) is 0 Å². The minimum Gasteiger partial charge on any atom is -0.367 e. The first-order valence-corrected chi connectivity index (χ1v) is 4.65. The summed E-state index contributed by atoms with van der Waals surface area (Å²) >= 11 is 1.45. The van der Waals surface area contributed by atoms with Gasteiger partial charge in [0.15, 0.2) is 5.16 Å². The minimum absolute atomic E-state index is 0.156. The maximum absolute atomic E-state index is 10.6. The number of ether oxygens (including phenoxy) is 1. The van der Waals surface area contributed by atoms with Crippen LogP contribution in [0.25, 0.3) is 0 Å². The first-order chi connectivity index (χ1) is 5.84. The number of rotatable bonds is 2. The Kier molecular flexibility index (Phi) is 2.18. The summed E-state index contributed by atoms with van der Waals surface area (Å²) in [4.78, 5) is 13.2. The average Bonchev–Trinajstić information content (AvgIpc) is 2.63. The smallest absolute Gasteiger partial charge is 0.341 e. The second-order valence-electron chi connectivity index (χ2n) is 2.54. The van der Waals surface area contributed by atoms with Crippen LogP contribution >= 0.6 is 11.8 Å². The number of aromatic amines is 2. The Balaban J connectivity index is 1.98. The molecule has 2 heterocycles. The van der Waals surface area contributed by atoms with E-state index in [2.05, 4.69) is 15.2 Å². The van der Waals surface area contributed by atoms with Crippen LogP contribution in [0, 0.1) is 0 Å². The highest BCUT2D eigenvalue weighted by molar-refractivity contribution is 7.99. The summed E-state index contributed by atoms with van der Waals surface area (Å²) in [5.74, 6) is 0. The lowest BCUT2D eigenvalue weighted by atomic mass is 10.4. The van der Waals surface area contributed by atoms with E-state index in [0.29, 0.717) is 5.16 Å². The van der Waals surface area contributed by atoms with E-state index in [4.69, 9.17) is 4.74 Å². The molecule has 1 aliphatic heterocycles. The molecule has 6 heteroatoms. The van der Waals surface area contributed by atoms with Crippen LogP contribution in [0.2, 0.25) is 0 Å². The molecule has 0 saturated carbocycles. The third-order valence-corrected chi connectivity index (χ3v) is 2.66. The molecule has 1 fully saturated rings. The van der Waals surface area contributed by atoms with Crippen molar-refractivity contribution in [2.24, 2.45) is 0 Å². The van der Waals surface area contributed by atoms with Crippen LogP contribution in [-0.2, 0) is 4.74 Å². The van der Waals surface area contributed by atoms with Crippen molar-refractivity contribution in [3.63, 3.8) is 0 Å². The van der Waals surface area contributed by atoms with Crippen LogP contribution in [0.1, 0.15) is 12.8 Å². The van der Waals surface area contributed by atoms with Crippen molar-refractivity contribution in [3.05, 3.63) is 10.5 Å². The number of hydrogen-bond acceptors (Lipinski definition) is 4. The van der Waals surface area contributed by atoms with E-state index in [1.807, 2.05) is 0 Å². The number of thioether (sulfide) groups is 1. The van der Waals surface area contributed by atoms with Crippen molar-refractivity contribution in [1.82, 2.24) is 15.2 Å². The lowest BCUT2D eigenvalue weighted by Gasteiger charge is -2.03. The van der Waals surface area contributed by atoms with Gasteiger partial charge >= 0.3 is 5.69 Å². The fourth-order valence-electron chi connectivity index (χ4n) is 1.08. The van der Waals surface area contributed by atoms with Crippen LogP contribution in [0.5, 0.6) is 0 Å². The van der Waals surface area contributed by atoms with Crippen molar-refractivity contribution >= 4 is 11.8 Å². The zero-order chi connectivity index (χ0) is 8.39. The Morgan fingerprint density at radius 2 is 2.58 bits per heavy atom. The third kappa shape index (κ3) is 1.70. The number of hydrogen-bond donors (Lipinski definition) is 2. The van der Waals surface area contributed by atoms with Crippen molar-refractivity contribution < 1.29 is 4.74 Å². The SMILES string of the molecule is O=c1[nH]nc(SC2CCCO2)[nH]1. The van der Waals surface area contributed by atoms with E-state index in [1.165, 1.54) is 11.8 Å². The van der Waals surface area contributed by atoms with Gasteiger partial charge in [-0.05, 0) is 12.8 Å². The van der Waals surface area contributed by atoms with Crippen molar-refractivity contribution in [2.75, 3.05) is 6.61 Å². The number of H-pyrrole nitrogens is 2. The zero-order valence-electron chi connectivity index (χ0n) is 6.37. The topological polar surface area (TPSA) is 70.8 Å². The number of aromatic nitrogens is 3. The summed E-state index contributed by atoms with van der Waals surface area (Å²) in [6, 6.07) is 0. The third-order valence-electron chi connectivity index (χ3n) is 1.61. The van der Waals surface area contributed by atoms with Gasteiger partial charge in [0, 0.05) is 6.61 Å². The van der Waals surface area contributed by atoms with Gasteiger partial charge in [-0.2, -0.15) is 0 Å². The van der Waals surface area contributed by atoms with E-state index < -0.39 is 0 Å². The molecule has 2 rings (SSSR count). The first kappa shape index (κ1) is 7.88. The molecule has 0 spiro atoms. The standard InChI is InChI=1S/C6H9N3O2S/c10-5-7-6(9-8-5)12-4-2-1-3-11-4/h4H,1-3H2,(H2,7,8,9,10). The highest BCUT2D eigenvalue weighted by Gasteiger charge is 2.17. The molecule has 2 N–H and O–H groups in total. The van der Waals surface area contributed by atoms with Gasteiger partial charge in [0.2, 0.25) is 0 Å². The highest BCUT2D eigenvalue weighted by Crippen LogP contribution is 2.27. The Hall–Kier alpha value is -0.750. The van der Waals surface area contributed by atoms with E-state index in [0.717, 1.165) is 19.4 Å². The molecule has 5 nitrogen and oxygen atoms in total. The van der Waals surface area contributed by atoms with Crippen LogP contribution < -0.4 is 5.69 Å². The van der Waals surface area contributed by atoms with Crippen LogP contribution in [0.3, 0.4) is 0 Å². The summed E-state index contributed by atoms with van der Waals surface area (Å²) < 4.78 is 5.35. The number of nitrogens with one attached hydrogen (secondary N) is 2. The predicted molar refractivity (Wildman–Crippen MR) is 44.0 cm³/mol. The maximum atomic E-state index is 10.6. The van der Waals surface area contributed by atoms with Crippen LogP contribution in [-0.4, -0.2) is 27.2 Å². The molecule has 1 saturated heterocycles. The second-order valence-corrected chi connectivity index (χ2v) is 3.69. The predicted octanol–water partition coefficient (Wildman–Crippen LogP) is 0.327. The molecule has 1 aromatic heterocycles. The molecule has 66 valence electrons. The molecule has 0 aliphatic carbocycles. The molecular weight excluding hydrogens is 178 g/mol. The van der Waals surface area contributed by atoms with E-state index >= 15 is 0 Å². The van der Waals surface area contributed by atoms with Crippen molar-refractivity contribution in [3.8, 4) is 0 Å². The monoisotopic (exact) mass is 187 g/mol. The van der Waals surface area contributed by atoms with Gasteiger partial charge in [0.25, 0.3) is 0 Å². The van der Waals surface area contributed by atoms with Gasteiger partial charge < -0.3 is 4.74 Å². The van der Waals surface area contributed by atoms with Gasteiger partial charge in [0.1, 0.15) is 5.44 Å². The molecular formula is C6H9N3O2S. The van der Waals surface area contributed by atoms with E-state index in [9.17, 15) is 4.79 Å². The second kappa shape index (κ2) is 3.32. The minimum atomic E-state index is -0.268. The molecule has 1 atom stereocenters. The lowest BCUT2D eigenvalue weighted by Crippen LogP contribution is -2.01. The summed E-state index contributed by atoms with van der Waals surface area (Å²) in [5, 5.41) is 6.68. The Labute approximate surface area is 72.9 Å². The normalized spacial score (nSPS) is 23.2. The fourth-order valence-corrected chi connectivity index (χ4v) is 2.02. The van der Waals surface area contributed by atoms with Gasteiger partial charge in [-0.15, -0.1) is 5.10 Å². The largest absolute Gasteiger partial charge is 0.367 e. The van der Waals surface area contributed by atoms with E-state index in [-0.39, 0.29) is 11.1 Å². The molecule has 0 amide bonds.